The molecule has 1 aromatic heterocycles. The minimum absolute atomic E-state index is 0.150. The Labute approximate surface area is 218 Å². The van der Waals surface area contributed by atoms with E-state index in [4.69, 9.17) is 4.74 Å². The number of aryl methyl sites for hydroxylation is 1. The van der Waals surface area contributed by atoms with Gasteiger partial charge in [0.05, 0.1) is 0 Å². The minimum atomic E-state index is -4.77. The number of carbonyl (C=O) groups is 3. The number of hydrogen-bond acceptors (Lipinski definition) is 6. The van der Waals surface area contributed by atoms with Crippen LogP contribution >= 0.6 is 11.3 Å². The van der Waals surface area contributed by atoms with Gasteiger partial charge < -0.3 is 9.64 Å². The highest BCUT2D eigenvalue weighted by molar-refractivity contribution is 7.13. The van der Waals surface area contributed by atoms with Gasteiger partial charge in [-0.05, 0) is 42.7 Å². The standard InChI is InChI=1S/C26H21F4N3O4S/c1-15(26(28,29)30)32(13-16-2-5-19(27)6-3-16)21(34)14-33-23(35)25(37-24(33)36)9-8-17-12-18(4-7-20(17)25)22-31-10-11-38-22/h2-7,10-12,15H,8-9,13-14H2,1H3/t15?,25-/m1/s1. The highest BCUT2D eigenvalue weighted by Gasteiger charge is 2.58. The van der Waals surface area contributed by atoms with Gasteiger partial charge in [0.1, 0.15) is 23.4 Å². The van der Waals surface area contributed by atoms with E-state index in [1.807, 2.05) is 11.4 Å². The molecule has 0 bridgehead atoms. The molecule has 5 rings (SSSR count). The van der Waals surface area contributed by atoms with Crippen molar-refractivity contribution in [2.75, 3.05) is 6.54 Å². The monoisotopic (exact) mass is 547 g/mol. The van der Waals surface area contributed by atoms with Crippen LogP contribution in [0.1, 0.15) is 30.0 Å². The number of fused-ring (bicyclic) bond motifs is 2. The fourth-order valence-corrected chi connectivity index (χ4v) is 5.42. The second-order valence-corrected chi connectivity index (χ2v) is 10.1. The van der Waals surface area contributed by atoms with Gasteiger partial charge in [0.2, 0.25) is 11.5 Å². The number of benzene rings is 2. The molecule has 1 fully saturated rings. The van der Waals surface area contributed by atoms with Crippen LogP contribution in [0.5, 0.6) is 0 Å². The van der Waals surface area contributed by atoms with Gasteiger partial charge in [0.25, 0.3) is 5.91 Å². The summed E-state index contributed by atoms with van der Waals surface area (Å²) in [6.07, 6.45) is -3.62. The second-order valence-electron chi connectivity index (χ2n) is 9.16. The van der Waals surface area contributed by atoms with Gasteiger partial charge >= 0.3 is 12.3 Å². The van der Waals surface area contributed by atoms with Crippen LogP contribution < -0.4 is 0 Å². The zero-order valence-electron chi connectivity index (χ0n) is 20.0. The number of nitrogens with zero attached hydrogens (tertiary/aromatic N) is 3. The van der Waals surface area contributed by atoms with Crippen LogP contribution in [-0.2, 0) is 32.9 Å². The van der Waals surface area contributed by atoms with Crippen LogP contribution in [0, 0.1) is 5.82 Å². The van der Waals surface area contributed by atoms with Gasteiger partial charge in [-0.25, -0.2) is 19.1 Å². The average molecular weight is 548 g/mol. The topological polar surface area (TPSA) is 79.8 Å². The van der Waals surface area contributed by atoms with Crippen molar-refractivity contribution >= 4 is 29.2 Å². The van der Waals surface area contributed by atoms with Crippen molar-refractivity contribution in [1.29, 1.82) is 0 Å². The van der Waals surface area contributed by atoms with Crippen LogP contribution in [0.3, 0.4) is 0 Å². The molecule has 2 heterocycles. The molecule has 2 aliphatic rings. The van der Waals surface area contributed by atoms with Gasteiger partial charge in [0.15, 0.2) is 0 Å². The maximum absolute atomic E-state index is 13.6. The molecular formula is C26H21F4N3O4S. The van der Waals surface area contributed by atoms with Crippen LogP contribution in [-0.4, -0.2) is 51.5 Å². The fourth-order valence-electron chi connectivity index (χ4n) is 4.78. The normalized spacial score (nSPS) is 19.6. The van der Waals surface area contributed by atoms with Crippen molar-refractivity contribution in [1.82, 2.24) is 14.8 Å². The Balaban J connectivity index is 1.39. The molecule has 198 valence electrons. The van der Waals surface area contributed by atoms with Gasteiger partial charge in [-0.3, -0.25) is 9.59 Å². The van der Waals surface area contributed by atoms with E-state index in [0.717, 1.165) is 35.2 Å². The number of ether oxygens (including phenoxy) is 1. The van der Waals surface area contributed by atoms with E-state index in [2.05, 4.69) is 4.98 Å². The minimum Gasteiger partial charge on any atom is -0.427 e. The van der Waals surface area contributed by atoms with Gasteiger partial charge in [-0.15, -0.1) is 11.3 Å². The average Bonchev–Trinajstić information content (AvgIpc) is 3.59. The number of hydrogen-bond donors (Lipinski definition) is 0. The summed E-state index contributed by atoms with van der Waals surface area (Å²) < 4.78 is 59.6. The molecule has 1 unspecified atom stereocenters. The lowest BCUT2D eigenvalue weighted by Crippen LogP contribution is -2.51. The quantitative estimate of drug-likeness (QED) is 0.404. The second kappa shape index (κ2) is 9.50. The van der Waals surface area contributed by atoms with E-state index < -0.39 is 54.6 Å². The molecule has 7 nitrogen and oxygen atoms in total. The summed E-state index contributed by atoms with van der Waals surface area (Å²) in [6, 6.07) is 7.75. The Morgan fingerprint density at radius 2 is 1.95 bits per heavy atom. The van der Waals surface area contributed by atoms with Crippen molar-refractivity contribution in [3.63, 3.8) is 0 Å². The first-order valence-electron chi connectivity index (χ1n) is 11.7. The molecule has 3 amide bonds. The molecule has 0 saturated carbocycles. The lowest BCUT2D eigenvalue weighted by atomic mass is 9.94. The third-order valence-corrected chi connectivity index (χ3v) is 7.68. The van der Waals surface area contributed by atoms with E-state index in [9.17, 15) is 31.9 Å². The zero-order chi connectivity index (χ0) is 27.2. The lowest BCUT2D eigenvalue weighted by molar-refractivity contribution is -0.187. The van der Waals surface area contributed by atoms with Gasteiger partial charge in [0, 0.05) is 35.7 Å². The van der Waals surface area contributed by atoms with Crippen molar-refractivity contribution < 1.29 is 36.7 Å². The number of aromatic nitrogens is 1. The highest BCUT2D eigenvalue weighted by atomic mass is 32.1. The van der Waals surface area contributed by atoms with Gasteiger partial charge in [-0.1, -0.05) is 24.3 Å². The summed E-state index contributed by atoms with van der Waals surface area (Å²) in [5.41, 5.74) is 0.736. The van der Waals surface area contributed by atoms with Crippen molar-refractivity contribution in [3.8, 4) is 10.6 Å². The fraction of sp³-hybridized carbons (Fsp3) is 0.308. The molecule has 2 atom stereocenters. The number of carbonyl (C=O) groups excluding carboxylic acids is 3. The molecule has 1 aliphatic heterocycles. The first kappa shape index (κ1) is 25.8. The molecule has 1 spiro atoms. The Kier molecular flexibility index (Phi) is 6.46. The number of halogens is 4. The predicted molar refractivity (Wildman–Crippen MR) is 128 cm³/mol. The van der Waals surface area contributed by atoms with E-state index in [1.54, 1.807) is 18.3 Å². The van der Waals surface area contributed by atoms with E-state index in [1.165, 1.54) is 23.5 Å². The van der Waals surface area contributed by atoms with Crippen LogP contribution in [0.25, 0.3) is 10.6 Å². The summed E-state index contributed by atoms with van der Waals surface area (Å²) in [6.45, 7) is -0.613. The zero-order valence-corrected chi connectivity index (χ0v) is 20.8. The van der Waals surface area contributed by atoms with Crippen LogP contribution in [0.15, 0.2) is 54.0 Å². The van der Waals surface area contributed by atoms with E-state index in [0.29, 0.717) is 21.8 Å². The largest absolute Gasteiger partial charge is 0.427 e. The smallest absolute Gasteiger partial charge is 0.418 e. The van der Waals surface area contributed by atoms with Gasteiger partial charge in [-0.2, -0.15) is 13.2 Å². The number of imide groups is 1. The molecule has 1 aliphatic carbocycles. The summed E-state index contributed by atoms with van der Waals surface area (Å²) in [4.78, 5) is 44.7. The van der Waals surface area contributed by atoms with E-state index >= 15 is 0 Å². The summed E-state index contributed by atoms with van der Waals surface area (Å²) in [7, 11) is 0. The summed E-state index contributed by atoms with van der Waals surface area (Å²) in [5, 5.41) is 2.62. The van der Waals surface area contributed by atoms with Crippen LogP contribution in [0.2, 0.25) is 0 Å². The lowest BCUT2D eigenvalue weighted by Gasteiger charge is -2.31. The SMILES string of the molecule is CC(N(Cc1ccc(F)cc1)C(=O)CN1C(=O)O[C@@]2(CCc3cc(-c4nccs4)ccc32)C1=O)C(F)(F)F. The van der Waals surface area contributed by atoms with Crippen molar-refractivity contribution in [3.05, 3.63) is 76.5 Å². The molecule has 2 aromatic carbocycles. The Hall–Kier alpha value is -3.80. The maximum atomic E-state index is 13.6. The molecule has 1 saturated heterocycles. The van der Waals surface area contributed by atoms with Crippen molar-refractivity contribution in [2.45, 2.75) is 44.1 Å². The van der Waals surface area contributed by atoms with Crippen molar-refractivity contribution in [2.24, 2.45) is 0 Å². The highest BCUT2D eigenvalue weighted by Crippen LogP contribution is 2.46. The Morgan fingerprint density at radius 3 is 2.61 bits per heavy atom. The maximum Gasteiger partial charge on any atom is 0.418 e. The molecule has 38 heavy (non-hydrogen) atoms. The Morgan fingerprint density at radius 1 is 1.21 bits per heavy atom. The molecule has 0 N–H and O–H groups in total. The first-order valence-corrected chi connectivity index (χ1v) is 12.6. The Bertz CT molecular complexity index is 1390. The van der Waals surface area contributed by atoms with Crippen LogP contribution in [0.4, 0.5) is 22.4 Å². The number of alkyl halides is 3. The van der Waals surface area contributed by atoms with E-state index in [-0.39, 0.29) is 12.0 Å². The number of thiazole rings is 1. The first-order chi connectivity index (χ1) is 18.0. The summed E-state index contributed by atoms with van der Waals surface area (Å²) in [5.74, 6) is -2.47. The number of rotatable bonds is 6. The molecule has 12 heteroatoms. The molecular weight excluding hydrogens is 526 g/mol. The molecule has 0 radical (unpaired) electrons. The number of amides is 3. The third kappa shape index (κ3) is 4.53. The third-order valence-electron chi connectivity index (χ3n) is 6.86. The molecule has 3 aromatic rings. The predicted octanol–water partition coefficient (Wildman–Crippen LogP) is 5.05. The summed E-state index contributed by atoms with van der Waals surface area (Å²) >= 11 is 1.45.